The van der Waals surface area contributed by atoms with E-state index in [1.54, 1.807) is 0 Å². The quantitative estimate of drug-likeness (QED) is 0.516. The molecule has 3 N–H and O–H groups in total. The smallest absolute Gasteiger partial charge is 0.132 e. The second-order valence-corrected chi connectivity index (χ2v) is 6.87. The number of hydrogen-bond acceptors (Lipinski definition) is 6. The van der Waals surface area contributed by atoms with E-state index in [4.69, 9.17) is 0 Å². The van der Waals surface area contributed by atoms with Crippen LogP contribution in [-0.2, 0) is 19.6 Å². The van der Waals surface area contributed by atoms with Gasteiger partial charge in [0.2, 0.25) is 0 Å². The lowest BCUT2D eigenvalue weighted by Gasteiger charge is -2.27. The van der Waals surface area contributed by atoms with Crippen LogP contribution in [0.2, 0.25) is 0 Å². The van der Waals surface area contributed by atoms with Gasteiger partial charge >= 0.3 is 0 Å². The van der Waals surface area contributed by atoms with E-state index in [1.165, 1.54) is 0 Å². The normalized spacial score (nSPS) is 11.9. The molecule has 27 heavy (non-hydrogen) atoms. The number of benzene rings is 1. The highest BCUT2D eigenvalue weighted by atomic mass is 16.3. The van der Waals surface area contributed by atoms with Crippen molar-refractivity contribution in [2.75, 3.05) is 39.3 Å². The minimum atomic E-state index is 0.0205. The van der Waals surface area contributed by atoms with Crippen LogP contribution in [-0.4, -0.2) is 69.3 Å². The molecule has 0 unspecified atom stereocenters. The molecule has 0 aliphatic rings. The molecular formula is C21H39N3O3. The molecule has 0 atom stereocenters. The summed E-state index contributed by atoms with van der Waals surface area (Å²) in [5.41, 5.74) is 1.54. The molecule has 0 aliphatic heterocycles. The third-order valence-corrected chi connectivity index (χ3v) is 5.54. The van der Waals surface area contributed by atoms with Gasteiger partial charge in [-0.25, -0.2) is 0 Å². The first-order chi connectivity index (χ1) is 12.9. The molecule has 0 saturated heterocycles. The van der Waals surface area contributed by atoms with Crippen LogP contribution in [0.15, 0.2) is 0 Å². The maximum atomic E-state index is 10.9. The summed E-state index contributed by atoms with van der Waals surface area (Å²) in [4.78, 5) is 6.44. The zero-order chi connectivity index (χ0) is 20.6. The maximum Gasteiger partial charge on any atom is 0.132 e. The maximum absolute atomic E-state index is 10.9. The van der Waals surface area contributed by atoms with Gasteiger partial charge in [0, 0.05) is 19.6 Å². The predicted octanol–water partition coefficient (Wildman–Crippen LogP) is 3.33. The molecule has 0 amide bonds. The molecule has 0 aromatic heterocycles. The molecule has 156 valence electrons. The van der Waals surface area contributed by atoms with Crippen LogP contribution in [0.4, 0.5) is 0 Å². The van der Waals surface area contributed by atoms with E-state index >= 15 is 0 Å². The van der Waals surface area contributed by atoms with Gasteiger partial charge in [0.15, 0.2) is 0 Å². The van der Waals surface area contributed by atoms with E-state index in [2.05, 4.69) is 56.2 Å². The van der Waals surface area contributed by atoms with Crippen LogP contribution in [0.3, 0.4) is 0 Å². The van der Waals surface area contributed by atoms with Gasteiger partial charge in [-0.2, -0.15) is 0 Å². The van der Waals surface area contributed by atoms with Crippen molar-refractivity contribution in [3.63, 3.8) is 0 Å². The molecule has 0 heterocycles. The third kappa shape index (κ3) is 5.74. The fraction of sp³-hybridized carbons (Fsp3) is 0.714. The summed E-state index contributed by atoms with van der Waals surface area (Å²) in [7, 11) is 0. The molecule has 1 aromatic rings. The minimum absolute atomic E-state index is 0.0205. The van der Waals surface area contributed by atoms with Crippen LogP contribution < -0.4 is 0 Å². The number of hydrogen-bond donors (Lipinski definition) is 3. The van der Waals surface area contributed by atoms with E-state index in [9.17, 15) is 15.3 Å². The Hall–Kier alpha value is -1.50. The molecule has 6 heteroatoms. The summed E-state index contributed by atoms with van der Waals surface area (Å²) in [6, 6.07) is 0. The van der Waals surface area contributed by atoms with Gasteiger partial charge in [0.1, 0.15) is 17.2 Å². The van der Waals surface area contributed by atoms with Crippen LogP contribution in [0.5, 0.6) is 17.2 Å². The fourth-order valence-corrected chi connectivity index (χ4v) is 3.34. The molecule has 1 rings (SSSR count). The summed E-state index contributed by atoms with van der Waals surface area (Å²) in [6.07, 6.45) is 0. The summed E-state index contributed by atoms with van der Waals surface area (Å²) in [6.45, 7) is 18.7. The Morgan fingerprint density at radius 1 is 0.444 bits per heavy atom. The van der Waals surface area contributed by atoms with Gasteiger partial charge in [-0.1, -0.05) is 41.5 Å². The van der Waals surface area contributed by atoms with Crippen molar-refractivity contribution in [3.05, 3.63) is 16.7 Å². The largest absolute Gasteiger partial charge is 0.507 e. The third-order valence-electron chi connectivity index (χ3n) is 5.54. The molecule has 0 fully saturated rings. The van der Waals surface area contributed by atoms with E-state index in [1.807, 2.05) is 0 Å². The van der Waals surface area contributed by atoms with Gasteiger partial charge in [-0.15, -0.1) is 0 Å². The number of phenolic OH excluding ortho intramolecular Hbond substituents is 3. The van der Waals surface area contributed by atoms with E-state index < -0.39 is 0 Å². The number of nitrogens with zero attached hydrogens (tertiary/aromatic N) is 3. The summed E-state index contributed by atoms with van der Waals surface area (Å²) >= 11 is 0. The summed E-state index contributed by atoms with van der Waals surface area (Å²) in [5.74, 6) is 0.0614. The molecule has 1 aromatic carbocycles. The summed E-state index contributed by atoms with van der Waals surface area (Å²) in [5, 5.41) is 32.7. The zero-order valence-corrected chi connectivity index (χ0v) is 18.0. The van der Waals surface area contributed by atoms with Gasteiger partial charge in [0.25, 0.3) is 0 Å². The van der Waals surface area contributed by atoms with Gasteiger partial charge in [0.05, 0.1) is 16.7 Å². The lowest BCUT2D eigenvalue weighted by molar-refractivity contribution is 0.262. The number of phenols is 3. The standard InChI is InChI=1S/C21H39N3O3/c1-7-22(8-2)13-16-19(25)17(14-23(9-3)10-4)21(27)18(20(16)26)15-24(11-5)12-6/h25-27H,7-15H2,1-6H3. The van der Waals surface area contributed by atoms with Crippen molar-refractivity contribution in [1.29, 1.82) is 0 Å². The van der Waals surface area contributed by atoms with Gasteiger partial charge in [-0.05, 0) is 39.3 Å². The first-order valence-corrected chi connectivity index (χ1v) is 10.3. The Morgan fingerprint density at radius 3 is 0.778 bits per heavy atom. The first-order valence-electron chi connectivity index (χ1n) is 10.3. The highest BCUT2D eigenvalue weighted by Gasteiger charge is 2.26. The zero-order valence-electron chi connectivity index (χ0n) is 18.0. The monoisotopic (exact) mass is 381 g/mol. The van der Waals surface area contributed by atoms with Crippen molar-refractivity contribution < 1.29 is 15.3 Å². The van der Waals surface area contributed by atoms with Gasteiger partial charge < -0.3 is 15.3 Å². The van der Waals surface area contributed by atoms with Crippen molar-refractivity contribution >= 4 is 0 Å². The second kappa shape index (κ2) is 11.4. The Kier molecular flexibility index (Phi) is 9.91. The van der Waals surface area contributed by atoms with Crippen molar-refractivity contribution in [2.24, 2.45) is 0 Å². The minimum Gasteiger partial charge on any atom is -0.507 e. The van der Waals surface area contributed by atoms with Gasteiger partial charge in [-0.3, -0.25) is 14.7 Å². The number of rotatable bonds is 12. The molecular weight excluding hydrogens is 342 g/mol. The average molecular weight is 382 g/mol. The second-order valence-electron chi connectivity index (χ2n) is 6.87. The van der Waals surface area contributed by atoms with Crippen molar-refractivity contribution in [3.8, 4) is 17.2 Å². The van der Waals surface area contributed by atoms with Crippen LogP contribution in [0.25, 0.3) is 0 Å². The first kappa shape index (κ1) is 23.5. The predicted molar refractivity (Wildman–Crippen MR) is 111 cm³/mol. The highest BCUT2D eigenvalue weighted by molar-refractivity contribution is 5.61. The fourth-order valence-electron chi connectivity index (χ4n) is 3.34. The Labute approximate surface area is 165 Å². The van der Waals surface area contributed by atoms with E-state index in [-0.39, 0.29) is 17.2 Å². The molecule has 0 bridgehead atoms. The van der Waals surface area contributed by atoms with Crippen LogP contribution in [0.1, 0.15) is 58.2 Å². The lowest BCUT2D eigenvalue weighted by Crippen LogP contribution is -2.26. The summed E-state index contributed by atoms with van der Waals surface area (Å²) < 4.78 is 0. The van der Waals surface area contributed by atoms with E-state index in [0.29, 0.717) is 36.3 Å². The molecule has 0 aliphatic carbocycles. The average Bonchev–Trinajstić information content (AvgIpc) is 2.68. The molecule has 0 spiro atoms. The van der Waals surface area contributed by atoms with E-state index in [0.717, 1.165) is 39.3 Å². The number of aromatic hydroxyl groups is 3. The van der Waals surface area contributed by atoms with Crippen LogP contribution in [0, 0.1) is 0 Å². The van der Waals surface area contributed by atoms with Crippen molar-refractivity contribution in [1.82, 2.24) is 14.7 Å². The van der Waals surface area contributed by atoms with Crippen molar-refractivity contribution in [2.45, 2.75) is 61.2 Å². The molecule has 0 saturated carbocycles. The topological polar surface area (TPSA) is 70.4 Å². The molecule has 6 nitrogen and oxygen atoms in total. The van der Waals surface area contributed by atoms with Crippen LogP contribution >= 0.6 is 0 Å². The Morgan fingerprint density at radius 2 is 0.630 bits per heavy atom. The lowest BCUT2D eigenvalue weighted by atomic mass is 9.98. The SMILES string of the molecule is CCN(CC)Cc1c(O)c(CN(CC)CC)c(O)c(CN(CC)CC)c1O. The Bertz CT molecular complexity index is 478. The molecule has 0 radical (unpaired) electrons. The highest BCUT2D eigenvalue weighted by Crippen LogP contribution is 2.43. The Balaban J connectivity index is 3.51.